The molecule has 0 aliphatic carbocycles. The van der Waals surface area contributed by atoms with Crippen LogP contribution in [0, 0.1) is 11.1 Å². The molecule has 2 rings (SSSR count). The minimum absolute atomic E-state index is 0.619. The van der Waals surface area contributed by atoms with Crippen LogP contribution in [-0.2, 0) is 12.8 Å². The maximum atomic E-state index is 9.86. The molecule has 0 radical (unpaired) electrons. The normalized spacial score (nSPS) is 15.5. The third-order valence-corrected chi connectivity index (χ3v) is 2.77. The zero-order chi connectivity index (χ0) is 14.1. The third-order valence-electron chi connectivity index (χ3n) is 2.77. The number of nitrogens with two attached hydrogens (primary N) is 1. The molecular formula is C12H15IMnN3O2+. The van der Waals surface area contributed by atoms with Gasteiger partial charge in [0.2, 0.25) is 0 Å². The molecule has 1 aromatic carbocycles. The quantitative estimate of drug-likeness (QED) is 0.147. The van der Waals surface area contributed by atoms with Gasteiger partial charge in [0.1, 0.15) is 32.0 Å². The van der Waals surface area contributed by atoms with Crippen LogP contribution >= 0.6 is 20.3 Å². The van der Waals surface area contributed by atoms with E-state index in [0.717, 1.165) is 30.9 Å². The average molecular weight is 415 g/mol. The van der Waals surface area contributed by atoms with Gasteiger partial charge in [-0.3, -0.25) is 0 Å². The van der Waals surface area contributed by atoms with E-state index in [-0.39, 0.29) is 0 Å². The summed E-state index contributed by atoms with van der Waals surface area (Å²) in [5.74, 6) is 6.69. The van der Waals surface area contributed by atoms with E-state index in [1.54, 1.807) is 0 Å². The summed E-state index contributed by atoms with van der Waals surface area (Å²) in [6, 6.07) is 7.39. The van der Waals surface area contributed by atoms with E-state index < -0.39 is 0 Å². The van der Waals surface area contributed by atoms with Crippen molar-refractivity contribution in [3.63, 3.8) is 0 Å². The molecular weight excluding hydrogens is 400 g/mol. The van der Waals surface area contributed by atoms with Crippen molar-refractivity contribution in [2.45, 2.75) is 0 Å². The van der Waals surface area contributed by atoms with Crippen LogP contribution in [0.4, 0.5) is 0 Å². The number of hydrogen-bond donors (Lipinski definition) is 1. The second kappa shape index (κ2) is 8.65. The molecule has 0 aromatic heterocycles. The summed E-state index contributed by atoms with van der Waals surface area (Å²) in [6.07, 6.45) is 3.76. The van der Waals surface area contributed by atoms with Gasteiger partial charge in [-0.1, -0.05) is 6.20 Å². The molecule has 1 aromatic rings. The number of ether oxygens (including phenoxy) is 1. The van der Waals surface area contributed by atoms with Gasteiger partial charge in [0.05, 0.1) is 0 Å². The molecule has 0 unspecified atom stereocenters. The van der Waals surface area contributed by atoms with Crippen molar-refractivity contribution < 1.29 is 22.1 Å². The molecule has 0 bridgehead atoms. The number of nitroso groups, excluding NO2 is 1. The van der Waals surface area contributed by atoms with Crippen LogP contribution in [-0.4, -0.2) is 30.8 Å². The molecule has 7 heteroatoms. The molecule has 1 aliphatic rings. The SMILES string of the molecule is N[N+]1(CCOc2ccc(C=[C-]N=O)cc2)CC1.[Mn+][I]. The number of rotatable bonds is 6. The Kier molecular flexibility index (Phi) is 7.55. The van der Waals surface area contributed by atoms with Crippen molar-refractivity contribution in [2.24, 2.45) is 11.0 Å². The Morgan fingerprint density at radius 2 is 2.05 bits per heavy atom. The molecule has 0 saturated carbocycles. The summed E-state index contributed by atoms with van der Waals surface area (Å²) in [5.41, 5.74) is 0.866. The third kappa shape index (κ3) is 6.49. The first-order chi connectivity index (χ1) is 9.22. The van der Waals surface area contributed by atoms with Crippen LogP contribution in [0.15, 0.2) is 29.4 Å². The van der Waals surface area contributed by atoms with Crippen LogP contribution in [0.5, 0.6) is 5.75 Å². The fraction of sp³-hybridized carbons (Fsp3) is 0.333. The first-order valence-electron chi connectivity index (χ1n) is 5.65. The van der Waals surface area contributed by atoms with Gasteiger partial charge in [-0.25, -0.2) is 10.7 Å². The molecule has 0 atom stereocenters. The van der Waals surface area contributed by atoms with E-state index in [0.29, 0.717) is 11.2 Å². The van der Waals surface area contributed by atoms with Crippen LogP contribution in [0.3, 0.4) is 0 Å². The summed E-state index contributed by atoms with van der Waals surface area (Å²) in [5, 5.41) is 2.53. The van der Waals surface area contributed by atoms with Crippen molar-refractivity contribution in [1.82, 2.24) is 0 Å². The topological polar surface area (TPSA) is 64.7 Å². The molecule has 1 heterocycles. The molecule has 1 saturated heterocycles. The first-order valence-corrected chi connectivity index (χ1v) is 9.46. The Bertz CT molecular complexity index is 421. The number of nitrogens with zero attached hydrogens (tertiary/aromatic N) is 2. The van der Waals surface area contributed by atoms with Crippen molar-refractivity contribution >= 4 is 26.4 Å². The van der Waals surface area contributed by atoms with Gasteiger partial charge < -0.3 is 4.74 Å². The fourth-order valence-electron chi connectivity index (χ4n) is 1.46. The van der Waals surface area contributed by atoms with Gasteiger partial charge in [0.15, 0.2) is 0 Å². The van der Waals surface area contributed by atoms with E-state index in [2.05, 4.69) is 24.1 Å². The van der Waals surface area contributed by atoms with Gasteiger partial charge in [-0.2, -0.15) is 16.3 Å². The van der Waals surface area contributed by atoms with Crippen LogP contribution in [0.25, 0.3) is 6.08 Å². The van der Waals surface area contributed by atoms with E-state index in [1.165, 1.54) is 6.08 Å². The first kappa shape index (κ1) is 16.6. The summed E-state index contributed by atoms with van der Waals surface area (Å²) in [6.45, 7) is 3.54. The second-order valence-electron chi connectivity index (χ2n) is 4.17. The molecule has 5 nitrogen and oxygen atoms in total. The zero-order valence-electron chi connectivity index (χ0n) is 10.3. The summed E-state index contributed by atoms with van der Waals surface area (Å²) in [7, 11) is 0. The Labute approximate surface area is 132 Å². The fourth-order valence-corrected chi connectivity index (χ4v) is 1.46. The van der Waals surface area contributed by atoms with Crippen molar-refractivity contribution in [2.75, 3.05) is 26.2 Å². The van der Waals surface area contributed by atoms with Gasteiger partial charge in [-0.15, -0.1) is 17.3 Å². The molecule has 103 valence electrons. The zero-order valence-corrected chi connectivity index (χ0v) is 13.6. The van der Waals surface area contributed by atoms with Crippen LogP contribution < -0.4 is 10.6 Å². The molecule has 1 aliphatic heterocycles. The Morgan fingerprint density at radius 3 is 2.58 bits per heavy atom. The van der Waals surface area contributed by atoms with Crippen molar-refractivity contribution in [3.8, 4) is 5.75 Å². The van der Waals surface area contributed by atoms with Crippen molar-refractivity contribution in [1.29, 1.82) is 0 Å². The van der Waals surface area contributed by atoms with E-state index in [4.69, 9.17) is 10.6 Å². The Balaban J connectivity index is 0.000000861. The Hall–Kier alpha value is -0.471. The van der Waals surface area contributed by atoms with Crippen LogP contribution in [0.2, 0.25) is 0 Å². The summed E-state index contributed by atoms with van der Waals surface area (Å²) < 4.78 is 6.19. The van der Waals surface area contributed by atoms with E-state index in [9.17, 15) is 4.91 Å². The second-order valence-corrected chi connectivity index (χ2v) is 4.17. The number of hydrogen-bond acceptors (Lipinski definition) is 4. The van der Waals surface area contributed by atoms with E-state index in [1.807, 2.05) is 44.6 Å². The van der Waals surface area contributed by atoms with Gasteiger partial charge in [0, 0.05) is 0 Å². The van der Waals surface area contributed by atoms with Gasteiger partial charge in [0.25, 0.3) is 0 Å². The summed E-state index contributed by atoms with van der Waals surface area (Å²) >= 11 is 4.87. The predicted molar refractivity (Wildman–Crippen MR) is 78.5 cm³/mol. The average Bonchev–Trinajstić information content (AvgIpc) is 3.18. The van der Waals surface area contributed by atoms with Gasteiger partial charge in [-0.05, 0) is 12.1 Å². The Morgan fingerprint density at radius 1 is 1.42 bits per heavy atom. The maximum absolute atomic E-state index is 9.86. The number of benzene rings is 1. The molecule has 0 amide bonds. The molecule has 0 spiro atoms. The molecule has 2 N–H and O–H groups in total. The van der Waals surface area contributed by atoms with E-state index >= 15 is 0 Å². The standard InChI is InChI=1S/C12H15N3O2.HI.Mn/c13-15(7-8-15)9-10-17-12-3-1-11(2-4-12)5-6-14-16;;/h1-5H,7-10,13H2;1H;/q;;+2/p-1. The van der Waals surface area contributed by atoms with Gasteiger partial charge >= 0.3 is 33.1 Å². The monoisotopic (exact) mass is 415 g/mol. The molecule has 19 heavy (non-hydrogen) atoms. The minimum atomic E-state index is 0.619. The van der Waals surface area contributed by atoms with Crippen LogP contribution in [0.1, 0.15) is 5.56 Å². The number of halogens is 1. The number of quaternary nitrogens is 1. The van der Waals surface area contributed by atoms with Crippen molar-refractivity contribution in [3.05, 3.63) is 40.9 Å². The molecule has 1 fully saturated rings. The predicted octanol–water partition coefficient (Wildman–Crippen LogP) is 2.19. The summed E-state index contributed by atoms with van der Waals surface area (Å²) in [4.78, 5) is 9.86.